The number of amides is 1. The average Bonchev–Trinajstić information content (AvgIpc) is 2.78. The van der Waals surface area contributed by atoms with E-state index in [4.69, 9.17) is 0 Å². The molecule has 1 atom stereocenters. The number of benzene rings is 1. The summed E-state index contributed by atoms with van der Waals surface area (Å²) in [6, 6.07) is 8.33. The van der Waals surface area contributed by atoms with Crippen LogP contribution in [0.15, 0.2) is 29.2 Å². The molecule has 0 radical (unpaired) electrons. The number of hydrogen-bond acceptors (Lipinski definition) is 2. The Morgan fingerprint density at radius 1 is 1.47 bits per heavy atom. The SMILES string of the molecule is CCCCN(C)C(=O)C1Cc2ccccc2S1. The summed E-state index contributed by atoms with van der Waals surface area (Å²) in [6.45, 7) is 3.03. The molecule has 1 heterocycles. The molecule has 0 spiro atoms. The highest BCUT2D eigenvalue weighted by Gasteiger charge is 2.29. The van der Waals surface area contributed by atoms with Crippen LogP contribution in [0.4, 0.5) is 0 Å². The Labute approximate surface area is 107 Å². The molecule has 0 saturated carbocycles. The van der Waals surface area contributed by atoms with E-state index in [0.29, 0.717) is 0 Å². The normalized spacial score (nSPS) is 17.9. The van der Waals surface area contributed by atoms with Gasteiger partial charge in [-0.1, -0.05) is 31.5 Å². The number of hydrogen-bond donors (Lipinski definition) is 0. The third-order valence-electron chi connectivity index (χ3n) is 3.15. The van der Waals surface area contributed by atoms with Crippen molar-refractivity contribution in [3.05, 3.63) is 29.8 Å². The Hall–Kier alpha value is -0.960. The first-order valence-corrected chi connectivity index (χ1v) is 7.10. The Bertz CT molecular complexity index is 380. The summed E-state index contributed by atoms with van der Waals surface area (Å²) in [5.41, 5.74) is 1.32. The summed E-state index contributed by atoms with van der Waals surface area (Å²) >= 11 is 1.71. The molecule has 0 bridgehead atoms. The first-order chi connectivity index (χ1) is 8.22. The average molecular weight is 249 g/mol. The molecule has 0 aliphatic carbocycles. The summed E-state index contributed by atoms with van der Waals surface area (Å²) in [6.07, 6.45) is 3.11. The van der Waals surface area contributed by atoms with Crippen LogP contribution in [0.3, 0.4) is 0 Å². The molecule has 0 fully saturated rings. The maximum Gasteiger partial charge on any atom is 0.236 e. The van der Waals surface area contributed by atoms with Gasteiger partial charge in [0.05, 0.1) is 5.25 Å². The first-order valence-electron chi connectivity index (χ1n) is 6.22. The van der Waals surface area contributed by atoms with Gasteiger partial charge in [-0.3, -0.25) is 4.79 Å². The summed E-state index contributed by atoms with van der Waals surface area (Å²) in [5, 5.41) is 0.0919. The van der Waals surface area contributed by atoms with E-state index in [1.54, 1.807) is 11.8 Å². The van der Waals surface area contributed by atoms with Crippen molar-refractivity contribution in [2.75, 3.05) is 13.6 Å². The van der Waals surface area contributed by atoms with Gasteiger partial charge >= 0.3 is 0 Å². The molecule has 0 saturated heterocycles. The van der Waals surface area contributed by atoms with Gasteiger partial charge in [-0.15, -0.1) is 11.8 Å². The lowest BCUT2D eigenvalue weighted by Crippen LogP contribution is -2.35. The molecule has 1 aliphatic heterocycles. The summed E-state index contributed by atoms with van der Waals surface area (Å²) < 4.78 is 0. The van der Waals surface area contributed by atoms with Crippen molar-refractivity contribution in [3.63, 3.8) is 0 Å². The fourth-order valence-corrected chi connectivity index (χ4v) is 3.38. The van der Waals surface area contributed by atoms with Crippen LogP contribution in [0, 0.1) is 0 Å². The molecular weight excluding hydrogens is 230 g/mol. The molecule has 1 amide bonds. The summed E-state index contributed by atoms with van der Waals surface area (Å²) in [5.74, 6) is 0.277. The van der Waals surface area contributed by atoms with Crippen LogP contribution in [0.5, 0.6) is 0 Å². The van der Waals surface area contributed by atoms with Crippen LogP contribution < -0.4 is 0 Å². The van der Waals surface area contributed by atoms with Crippen LogP contribution in [0.25, 0.3) is 0 Å². The smallest absolute Gasteiger partial charge is 0.236 e. The van der Waals surface area contributed by atoms with E-state index in [1.165, 1.54) is 10.5 Å². The van der Waals surface area contributed by atoms with Gasteiger partial charge < -0.3 is 4.90 Å². The molecule has 0 aromatic heterocycles. The molecule has 3 heteroatoms. The van der Waals surface area contributed by atoms with Crippen molar-refractivity contribution >= 4 is 17.7 Å². The van der Waals surface area contributed by atoms with Crippen molar-refractivity contribution in [2.45, 2.75) is 36.3 Å². The molecule has 17 heavy (non-hydrogen) atoms. The Balaban J connectivity index is 1.96. The van der Waals surface area contributed by atoms with Crippen molar-refractivity contribution in [2.24, 2.45) is 0 Å². The number of carbonyl (C=O) groups is 1. The van der Waals surface area contributed by atoms with Crippen LogP contribution in [0.1, 0.15) is 25.3 Å². The van der Waals surface area contributed by atoms with Crippen LogP contribution in [-0.4, -0.2) is 29.6 Å². The van der Waals surface area contributed by atoms with Crippen molar-refractivity contribution in [1.82, 2.24) is 4.90 Å². The van der Waals surface area contributed by atoms with E-state index in [2.05, 4.69) is 19.1 Å². The molecule has 1 aromatic rings. The predicted octanol–water partition coefficient (Wildman–Crippen LogP) is 2.96. The number of unbranched alkanes of at least 4 members (excludes halogenated alkanes) is 1. The Morgan fingerprint density at radius 2 is 2.24 bits per heavy atom. The second kappa shape index (κ2) is 5.58. The molecule has 0 N–H and O–H groups in total. The standard InChI is InChI=1S/C14H19NOS/c1-3-4-9-15(2)14(16)13-10-11-7-5-6-8-12(11)17-13/h5-8,13H,3-4,9-10H2,1-2H3. The van der Waals surface area contributed by atoms with Gasteiger partial charge in [-0.25, -0.2) is 0 Å². The lowest BCUT2D eigenvalue weighted by Gasteiger charge is -2.20. The van der Waals surface area contributed by atoms with Crippen LogP contribution >= 0.6 is 11.8 Å². The number of carbonyl (C=O) groups excluding carboxylic acids is 1. The van der Waals surface area contributed by atoms with Crippen molar-refractivity contribution in [1.29, 1.82) is 0 Å². The minimum Gasteiger partial charge on any atom is -0.345 e. The molecule has 1 aromatic carbocycles. The molecule has 1 unspecified atom stereocenters. The number of fused-ring (bicyclic) bond motifs is 1. The van der Waals surface area contributed by atoms with Crippen LogP contribution in [0.2, 0.25) is 0 Å². The van der Waals surface area contributed by atoms with Gasteiger partial charge in [0.1, 0.15) is 0 Å². The van der Waals surface area contributed by atoms with Gasteiger partial charge in [0.2, 0.25) is 5.91 Å². The van der Waals surface area contributed by atoms with Gasteiger partial charge in [-0.2, -0.15) is 0 Å². The zero-order valence-corrected chi connectivity index (χ0v) is 11.3. The van der Waals surface area contributed by atoms with E-state index in [9.17, 15) is 4.79 Å². The summed E-state index contributed by atoms with van der Waals surface area (Å²) in [4.78, 5) is 15.4. The zero-order chi connectivity index (χ0) is 12.3. The summed E-state index contributed by atoms with van der Waals surface area (Å²) in [7, 11) is 1.92. The highest BCUT2D eigenvalue weighted by Crippen LogP contribution is 2.37. The quantitative estimate of drug-likeness (QED) is 0.817. The third kappa shape index (κ3) is 2.83. The van der Waals surface area contributed by atoms with E-state index in [-0.39, 0.29) is 11.2 Å². The fourth-order valence-electron chi connectivity index (χ4n) is 2.07. The van der Waals surface area contributed by atoms with Crippen LogP contribution in [-0.2, 0) is 11.2 Å². The molecule has 2 nitrogen and oxygen atoms in total. The van der Waals surface area contributed by atoms with Gasteiger partial charge in [-0.05, 0) is 24.5 Å². The highest BCUT2D eigenvalue weighted by molar-refractivity contribution is 8.01. The van der Waals surface area contributed by atoms with E-state index < -0.39 is 0 Å². The maximum atomic E-state index is 12.2. The molecular formula is C14H19NOS. The lowest BCUT2D eigenvalue weighted by molar-refractivity contribution is -0.129. The first kappa shape index (κ1) is 12.5. The van der Waals surface area contributed by atoms with E-state index in [1.807, 2.05) is 24.1 Å². The van der Waals surface area contributed by atoms with Gasteiger partial charge in [0.15, 0.2) is 0 Å². The second-order valence-electron chi connectivity index (χ2n) is 4.53. The molecule has 92 valence electrons. The fraction of sp³-hybridized carbons (Fsp3) is 0.500. The predicted molar refractivity (Wildman–Crippen MR) is 72.3 cm³/mol. The lowest BCUT2D eigenvalue weighted by atomic mass is 10.1. The van der Waals surface area contributed by atoms with Crippen molar-refractivity contribution in [3.8, 4) is 0 Å². The van der Waals surface area contributed by atoms with E-state index in [0.717, 1.165) is 25.8 Å². The number of nitrogens with zero attached hydrogens (tertiary/aromatic N) is 1. The minimum atomic E-state index is 0.0919. The third-order valence-corrected chi connectivity index (χ3v) is 4.45. The topological polar surface area (TPSA) is 20.3 Å². The van der Waals surface area contributed by atoms with Gasteiger partial charge in [0.25, 0.3) is 0 Å². The number of thioether (sulfide) groups is 1. The monoisotopic (exact) mass is 249 g/mol. The largest absolute Gasteiger partial charge is 0.345 e. The van der Waals surface area contributed by atoms with E-state index >= 15 is 0 Å². The van der Waals surface area contributed by atoms with Gasteiger partial charge in [0, 0.05) is 18.5 Å². The minimum absolute atomic E-state index is 0.0919. The zero-order valence-electron chi connectivity index (χ0n) is 10.5. The molecule has 1 aliphatic rings. The second-order valence-corrected chi connectivity index (χ2v) is 5.78. The number of rotatable bonds is 4. The molecule has 2 rings (SSSR count). The Morgan fingerprint density at radius 3 is 2.94 bits per heavy atom. The highest BCUT2D eigenvalue weighted by atomic mass is 32.2. The van der Waals surface area contributed by atoms with Crippen molar-refractivity contribution < 1.29 is 4.79 Å². The maximum absolute atomic E-state index is 12.2. The Kier molecular flexibility index (Phi) is 4.11.